The largest absolute Gasteiger partial charge is 0.465 e. The highest BCUT2D eigenvalue weighted by atomic mass is 79.9. The summed E-state index contributed by atoms with van der Waals surface area (Å²) in [5.41, 5.74) is 2.92. The summed E-state index contributed by atoms with van der Waals surface area (Å²) in [7, 11) is 0. The minimum Gasteiger partial charge on any atom is -0.465 e. The van der Waals surface area contributed by atoms with Crippen molar-refractivity contribution in [3.05, 3.63) is 65.2 Å². The van der Waals surface area contributed by atoms with Crippen molar-refractivity contribution in [3.63, 3.8) is 0 Å². The topological polar surface area (TPSA) is 72.9 Å². The molecule has 1 atom stereocenters. The fourth-order valence-electron chi connectivity index (χ4n) is 2.84. The molecule has 2 aromatic carbocycles. The summed E-state index contributed by atoms with van der Waals surface area (Å²) >= 11 is 3.17. The number of anilines is 1. The second-order valence-electron chi connectivity index (χ2n) is 6.77. The van der Waals surface area contributed by atoms with E-state index in [-0.39, 0.29) is 36.5 Å². The van der Waals surface area contributed by atoms with Crippen LogP contribution in [0.2, 0.25) is 0 Å². The molecule has 6 nitrogen and oxygen atoms in total. The van der Waals surface area contributed by atoms with E-state index < -0.39 is 5.97 Å². The molecular formula is C23H26BrNO5. The van der Waals surface area contributed by atoms with E-state index in [4.69, 9.17) is 9.47 Å². The Balaban J connectivity index is 2.21. The van der Waals surface area contributed by atoms with E-state index in [9.17, 15) is 14.4 Å². The van der Waals surface area contributed by atoms with Gasteiger partial charge in [-0.3, -0.25) is 19.3 Å². The quantitative estimate of drug-likeness (QED) is 0.396. The number of alkyl halides is 1. The molecule has 30 heavy (non-hydrogen) atoms. The molecule has 1 amide bonds. The fourth-order valence-corrected chi connectivity index (χ4v) is 3.05. The lowest BCUT2D eigenvalue weighted by molar-refractivity contribution is -0.144. The maximum absolute atomic E-state index is 13.2. The van der Waals surface area contributed by atoms with Gasteiger partial charge in [-0.25, -0.2) is 0 Å². The SMILES string of the molecule is CCOC(=O)CN(C(=O)c1cccc(CCC(=O)OC(C)Br)c1)c1ccc(C)cc1. The van der Waals surface area contributed by atoms with E-state index in [1.54, 1.807) is 44.2 Å². The third-order valence-corrected chi connectivity index (χ3v) is 4.46. The first-order valence-electron chi connectivity index (χ1n) is 9.76. The molecular weight excluding hydrogens is 450 g/mol. The molecule has 0 N–H and O–H groups in total. The lowest BCUT2D eigenvalue weighted by atomic mass is 10.1. The van der Waals surface area contributed by atoms with Crippen LogP contribution in [0.15, 0.2) is 48.5 Å². The first kappa shape index (κ1) is 23.6. The van der Waals surface area contributed by atoms with Gasteiger partial charge in [0.15, 0.2) is 5.01 Å². The predicted molar refractivity (Wildman–Crippen MR) is 119 cm³/mol. The van der Waals surface area contributed by atoms with E-state index in [0.717, 1.165) is 11.1 Å². The molecule has 0 saturated carbocycles. The van der Waals surface area contributed by atoms with E-state index >= 15 is 0 Å². The number of halogens is 1. The molecule has 0 bridgehead atoms. The van der Waals surface area contributed by atoms with E-state index in [0.29, 0.717) is 17.7 Å². The van der Waals surface area contributed by atoms with Gasteiger partial charge in [0.05, 0.1) is 6.61 Å². The van der Waals surface area contributed by atoms with Gasteiger partial charge in [-0.15, -0.1) is 0 Å². The number of carbonyl (C=O) groups is 3. The molecule has 0 fully saturated rings. The number of benzene rings is 2. The van der Waals surface area contributed by atoms with Crippen molar-refractivity contribution < 1.29 is 23.9 Å². The third kappa shape index (κ3) is 7.30. The highest BCUT2D eigenvalue weighted by Crippen LogP contribution is 2.19. The van der Waals surface area contributed by atoms with Crippen molar-refractivity contribution in [2.24, 2.45) is 0 Å². The number of esters is 2. The minimum atomic E-state index is -0.478. The summed E-state index contributed by atoms with van der Waals surface area (Å²) in [6.45, 7) is 5.45. The Morgan fingerprint density at radius 1 is 1.07 bits per heavy atom. The highest BCUT2D eigenvalue weighted by Gasteiger charge is 2.22. The molecule has 0 heterocycles. The Labute approximate surface area is 185 Å². The van der Waals surface area contributed by atoms with Gasteiger partial charge in [-0.05, 0) is 73.0 Å². The molecule has 0 saturated heterocycles. The van der Waals surface area contributed by atoms with Crippen LogP contribution < -0.4 is 4.90 Å². The molecule has 0 aliphatic rings. The molecule has 2 aromatic rings. The molecule has 0 aliphatic carbocycles. The summed E-state index contributed by atoms with van der Waals surface area (Å²) in [5.74, 6) is -1.11. The van der Waals surface area contributed by atoms with Crippen LogP contribution in [-0.2, 0) is 25.5 Å². The smallest absolute Gasteiger partial charge is 0.326 e. The number of rotatable bonds is 9. The van der Waals surface area contributed by atoms with Crippen molar-refractivity contribution in [2.45, 2.75) is 38.6 Å². The Hall–Kier alpha value is -2.67. The molecule has 1 unspecified atom stereocenters. The summed E-state index contributed by atoms with van der Waals surface area (Å²) < 4.78 is 10.1. The Morgan fingerprint density at radius 3 is 2.40 bits per heavy atom. The standard InChI is InChI=1S/C23H26BrNO5/c1-4-29-22(27)15-25(20-11-8-16(2)9-12-20)23(28)19-7-5-6-18(14-19)10-13-21(26)30-17(3)24/h5-9,11-12,14,17H,4,10,13,15H2,1-3H3. The van der Waals surface area contributed by atoms with Gasteiger partial charge < -0.3 is 9.47 Å². The first-order valence-corrected chi connectivity index (χ1v) is 10.7. The lowest BCUT2D eigenvalue weighted by Gasteiger charge is -2.22. The van der Waals surface area contributed by atoms with E-state index in [2.05, 4.69) is 15.9 Å². The Bertz CT molecular complexity index is 879. The summed E-state index contributed by atoms with van der Waals surface area (Å²) in [4.78, 5) is 38.5. The number of amides is 1. The second-order valence-corrected chi connectivity index (χ2v) is 8.05. The van der Waals surface area contributed by atoms with Crippen LogP contribution in [0.5, 0.6) is 0 Å². The van der Waals surface area contributed by atoms with Crippen LogP contribution in [0, 0.1) is 6.92 Å². The molecule has 0 radical (unpaired) electrons. The van der Waals surface area contributed by atoms with Gasteiger partial charge in [0.25, 0.3) is 5.91 Å². The van der Waals surface area contributed by atoms with Crippen LogP contribution in [0.3, 0.4) is 0 Å². The number of carbonyl (C=O) groups excluding carboxylic acids is 3. The maximum atomic E-state index is 13.2. The third-order valence-electron chi connectivity index (χ3n) is 4.27. The van der Waals surface area contributed by atoms with Gasteiger partial charge in [0, 0.05) is 17.7 Å². The number of nitrogens with zero attached hydrogens (tertiary/aromatic N) is 1. The average molecular weight is 476 g/mol. The molecule has 0 aromatic heterocycles. The van der Waals surface area contributed by atoms with Crippen LogP contribution >= 0.6 is 15.9 Å². The van der Waals surface area contributed by atoms with Crippen molar-refractivity contribution in [2.75, 3.05) is 18.1 Å². The van der Waals surface area contributed by atoms with Crippen molar-refractivity contribution >= 4 is 39.5 Å². The second kappa shape index (κ2) is 11.5. The summed E-state index contributed by atoms with van der Waals surface area (Å²) in [6.07, 6.45) is 0.653. The molecule has 0 spiro atoms. The van der Waals surface area contributed by atoms with E-state index in [1.807, 2.05) is 25.1 Å². The fraction of sp³-hybridized carbons (Fsp3) is 0.348. The van der Waals surface area contributed by atoms with Gasteiger partial charge in [0.1, 0.15) is 6.54 Å². The normalized spacial score (nSPS) is 11.5. The maximum Gasteiger partial charge on any atom is 0.326 e. The predicted octanol–water partition coefficient (Wildman–Crippen LogP) is 4.42. The highest BCUT2D eigenvalue weighted by molar-refractivity contribution is 9.09. The monoisotopic (exact) mass is 475 g/mol. The molecule has 160 valence electrons. The zero-order valence-electron chi connectivity index (χ0n) is 17.4. The number of hydrogen-bond acceptors (Lipinski definition) is 5. The van der Waals surface area contributed by atoms with Crippen molar-refractivity contribution in [1.82, 2.24) is 0 Å². The molecule has 7 heteroatoms. The number of aryl methyl sites for hydroxylation is 2. The first-order chi connectivity index (χ1) is 14.3. The van der Waals surface area contributed by atoms with Crippen LogP contribution in [-0.4, -0.2) is 36.0 Å². The lowest BCUT2D eigenvalue weighted by Crippen LogP contribution is -2.36. The zero-order valence-corrected chi connectivity index (χ0v) is 19.0. The zero-order chi connectivity index (χ0) is 22.1. The Morgan fingerprint density at radius 2 is 1.77 bits per heavy atom. The molecule has 2 rings (SSSR count). The van der Waals surface area contributed by atoms with Crippen molar-refractivity contribution in [1.29, 1.82) is 0 Å². The summed E-state index contributed by atoms with van der Waals surface area (Å²) in [6, 6.07) is 14.4. The summed E-state index contributed by atoms with van der Waals surface area (Å²) in [5, 5.41) is -0.344. The number of hydrogen-bond donors (Lipinski definition) is 0. The Kier molecular flexibility index (Phi) is 9.05. The minimum absolute atomic E-state index is 0.185. The van der Waals surface area contributed by atoms with E-state index in [1.165, 1.54) is 4.90 Å². The van der Waals surface area contributed by atoms with Crippen LogP contribution in [0.1, 0.15) is 41.8 Å². The van der Waals surface area contributed by atoms with Gasteiger partial charge in [-0.2, -0.15) is 0 Å². The average Bonchev–Trinajstić information content (AvgIpc) is 2.71. The van der Waals surface area contributed by atoms with Crippen molar-refractivity contribution in [3.8, 4) is 0 Å². The number of ether oxygens (including phenoxy) is 2. The molecule has 0 aliphatic heterocycles. The van der Waals surface area contributed by atoms with Gasteiger partial charge >= 0.3 is 11.9 Å². The van der Waals surface area contributed by atoms with Crippen LogP contribution in [0.4, 0.5) is 5.69 Å². The van der Waals surface area contributed by atoms with Crippen LogP contribution in [0.25, 0.3) is 0 Å². The van der Waals surface area contributed by atoms with Gasteiger partial charge in [0.2, 0.25) is 0 Å². The van der Waals surface area contributed by atoms with Gasteiger partial charge in [-0.1, -0.05) is 29.8 Å².